The largest absolute Gasteiger partial charge is 0.342 e. The zero-order valence-corrected chi connectivity index (χ0v) is 13.9. The average Bonchev–Trinajstić information content (AvgIpc) is 2.78. The van der Waals surface area contributed by atoms with Gasteiger partial charge in [0.25, 0.3) is 9.05 Å². The van der Waals surface area contributed by atoms with Gasteiger partial charge in [0, 0.05) is 51.2 Å². The van der Waals surface area contributed by atoms with Crippen molar-refractivity contribution in [3.8, 4) is 0 Å². The van der Waals surface area contributed by atoms with Gasteiger partial charge in [0.05, 0.1) is 0 Å². The highest BCUT2D eigenvalue weighted by Gasteiger charge is 2.18. The van der Waals surface area contributed by atoms with Crippen LogP contribution in [-0.2, 0) is 15.6 Å². The minimum atomic E-state index is -3.78. The normalized spacial score (nSPS) is 11.9. The van der Waals surface area contributed by atoms with Crippen molar-refractivity contribution in [1.29, 1.82) is 0 Å². The van der Waals surface area contributed by atoms with Crippen LogP contribution in [0.4, 0.5) is 0 Å². The van der Waals surface area contributed by atoms with E-state index in [0.717, 1.165) is 15.6 Å². The van der Waals surface area contributed by atoms with Gasteiger partial charge >= 0.3 is 0 Å². The third kappa shape index (κ3) is 2.97. The molecular formula is C14H10BrClN2O2S. The first-order valence-electron chi connectivity index (χ1n) is 6.07. The zero-order chi connectivity index (χ0) is 15.0. The second-order valence-electron chi connectivity index (χ2n) is 4.59. The smallest absolute Gasteiger partial charge is 0.263 e. The van der Waals surface area contributed by atoms with Crippen LogP contribution in [0.2, 0.25) is 0 Å². The summed E-state index contributed by atoms with van der Waals surface area (Å²) in [6.07, 6.45) is 5.01. The molecule has 0 radical (unpaired) electrons. The van der Waals surface area contributed by atoms with E-state index >= 15 is 0 Å². The van der Waals surface area contributed by atoms with Crippen molar-refractivity contribution in [3.63, 3.8) is 0 Å². The maximum atomic E-state index is 11.7. The van der Waals surface area contributed by atoms with Gasteiger partial charge in [-0.15, -0.1) is 0 Å². The lowest BCUT2D eigenvalue weighted by molar-refractivity contribution is 0.610. The first kappa shape index (κ1) is 14.6. The van der Waals surface area contributed by atoms with Crippen molar-refractivity contribution in [2.45, 2.75) is 11.4 Å². The molecule has 0 atom stereocenters. The van der Waals surface area contributed by atoms with E-state index < -0.39 is 9.05 Å². The minimum absolute atomic E-state index is 0.128. The first-order chi connectivity index (χ1) is 9.95. The van der Waals surface area contributed by atoms with Crippen LogP contribution >= 0.6 is 26.6 Å². The number of pyridine rings is 1. The molecule has 0 amide bonds. The lowest BCUT2D eigenvalue weighted by atomic mass is 10.2. The molecule has 2 aromatic heterocycles. The van der Waals surface area contributed by atoms with Crippen LogP contribution in [-0.4, -0.2) is 18.0 Å². The summed E-state index contributed by atoms with van der Waals surface area (Å²) in [5.74, 6) is 0. The third-order valence-electron chi connectivity index (χ3n) is 3.13. The molecule has 0 saturated carbocycles. The molecule has 2 heterocycles. The van der Waals surface area contributed by atoms with Gasteiger partial charge in [-0.3, -0.25) is 4.98 Å². The van der Waals surface area contributed by atoms with Crippen molar-refractivity contribution in [2.24, 2.45) is 0 Å². The molecule has 0 aliphatic rings. The molecule has 108 valence electrons. The topological polar surface area (TPSA) is 52.0 Å². The van der Waals surface area contributed by atoms with Gasteiger partial charge in [-0.1, -0.05) is 18.2 Å². The molecule has 7 heteroatoms. The number of hydrogen-bond acceptors (Lipinski definition) is 3. The van der Waals surface area contributed by atoms with Gasteiger partial charge in [-0.25, -0.2) is 8.42 Å². The number of aromatic nitrogens is 2. The number of rotatable bonds is 3. The molecule has 0 spiro atoms. The Labute approximate surface area is 134 Å². The Balaban J connectivity index is 2.15. The average molecular weight is 386 g/mol. The molecule has 0 bridgehead atoms. The molecule has 3 aromatic rings. The quantitative estimate of drug-likeness (QED) is 0.645. The van der Waals surface area contributed by atoms with Crippen LogP contribution in [0.1, 0.15) is 5.56 Å². The number of para-hydroxylation sites is 1. The summed E-state index contributed by atoms with van der Waals surface area (Å²) in [5, 5.41) is 0.621. The molecule has 0 fully saturated rings. The van der Waals surface area contributed by atoms with Gasteiger partial charge in [0.1, 0.15) is 4.90 Å². The maximum Gasteiger partial charge on any atom is 0.263 e. The summed E-state index contributed by atoms with van der Waals surface area (Å²) < 4.78 is 26.1. The van der Waals surface area contributed by atoms with Crippen LogP contribution in [0.15, 0.2) is 58.3 Å². The lowest BCUT2D eigenvalue weighted by Crippen LogP contribution is -1.98. The van der Waals surface area contributed by atoms with Crippen LogP contribution in [0.3, 0.4) is 0 Å². The second kappa shape index (κ2) is 5.44. The molecule has 0 N–H and O–H groups in total. The summed E-state index contributed by atoms with van der Waals surface area (Å²) in [5.41, 5.74) is 1.78. The fraction of sp³-hybridized carbons (Fsp3) is 0.0714. The standard InChI is InChI=1S/C14H10BrClN2O2S/c15-11-5-10(6-17-7-11)8-18-9-14(21(16,19)20)12-3-1-2-4-13(12)18/h1-7,9H,8H2. The zero-order valence-electron chi connectivity index (χ0n) is 10.7. The second-order valence-corrected chi connectivity index (χ2v) is 8.04. The predicted octanol–water partition coefficient (Wildman–Crippen LogP) is 3.77. The Morgan fingerprint density at radius 2 is 2.00 bits per heavy atom. The van der Waals surface area contributed by atoms with Crippen molar-refractivity contribution in [3.05, 3.63) is 59.0 Å². The molecule has 0 saturated heterocycles. The summed E-state index contributed by atoms with van der Waals surface area (Å²) in [6, 6.07) is 9.21. The van der Waals surface area contributed by atoms with Gasteiger partial charge in [0.2, 0.25) is 0 Å². The van der Waals surface area contributed by atoms with E-state index in [-0.39, 0.29) is 4.90 Å². The molecule has 0 aliphatic carbocycles. The number of nitrogens with zero attached hydrogens (tertiary/aromatic N) is 2. The Kier molecular flexibility index (Phi) is 3.77. The minimum Gasteiger partial charge on any atom is -0.342 e. The van der Waals surface area contributed by atoms with E-state index in [0.29, 0.717) is 11.9 Å². The predicted molar refractivity (Wildman–Crippen MR) is 86.0 cm³/mol. The Hall–Kier alpha value is -1.37. The van der Waals surface area contributed by atoms with E-state index in [1.165, 1.54) is 0 Å². The van der Waals surface area contributed by atoms with Gasteiger partial charge < -0.3 is 4.57 Å². The Morgan fingerprint density at radius 1 is 1.24 bits per heavy atom. The van der Waals surface area contributed by atoms with Crippen LogP contribution < -0.4 is 0 Å². The van der Waals surface area contributed by atoms with Crippen LogP contribution in [0.25, 0.3) is 10.9 Å². The van der Waals surface area contributed by atoms with Crippen molar-refractivity contribution in [2.75, 3.05) is 0 Å². The van der Waals surface area contributed by atoms with Crippen molar-refractivity contribution >= 4 is 46.6 Å². The third-order valence-corrected chi connectivity index (χ3v) is 4.91. The van der Waals surface area contributed by atoms with Crippen LogP contribution in [0, 0.1) is 0 Å². The summed E-state index contributed by atoms with van der Waals surface area (Å²) in [7, 11) is 1.74. The van der Waals surface area contributed by atoms with Gasteiger partial charge in [-0.2, -0.15) is 0 Å². The maximum absolute atomic E-state index is 11.7. The van der Waals surface area contributed by atoms with Crippen molar-refractivity contribution in [1.82, 2.24) is 9.55 Å². The highest BCUT2D eigenvalue weighted by Crippen LogP contribution is 2.28. The fourth-order valence-electron chi connectivity index (χ4n) is 2.28. The lowest BCUT2D eigenvalue weighted by Gasteiger charge is -2.05. The Morgan fingerprint density at radius 3 is 2.71 bits per heavy atom. The SMILES string of the molecule is O=S(=O)(Cl)c1cn(Cc2cncc(Br)c2)c2ccccc12. The van der Waals surface area contributed by atoms with E-state index in [4.69, 9.17) is 10.7 Å². The Bertz CT molecular complexity index is 922. The molecular weight excluding hydrogens is 376 g/mol. The number of fused-ring (bicyclic) bond motifs is 1. The summed E-state index contributed by atoms with van der Waals surface area (Å²) >= 11 is 3.37. The molecule has 1 aromatic carbocycles. The molecule has 0 unspecified atom stereocenters. The van der Waals surface area contributed by atoms with E-state index in [2.05, 4.69) is 20.9 Å². The van der Waals surface area contributed by atoms with Gasteiger partial charge in [-0.05, 0) is 33.6 Å². The highest BCUT2D eigenvalue weighted by molar-refractivity contribution is 9.10. The monoisotopic (exact) mass is 384 g/mol. The molecule has 3 rings (SSSR count). The number of benzene rings is 1. The molecule has 0 aliphatic heterocycles. The van der Waals surface area contributed by atoms with E-state index in [1.807, 2.05) is 22.8 Å². The van der Waals surface area contributed by atoms with Crippen molar-refractivity contribution < 1.29 is 8.42 Å². The number of hydrogen-bond donors (Lipinski definition) is 0. The fourth-order valence-corrected chi connectivity index (χ4v) is 3.75. The molecule has 4 nitrogen and oxygen atoms in total. The molecule has 21 heavy (non-hydrogen) atoms. The van der Waals surface area contributed by atoms with Crippen LogP contribution in [0.5, 0.6) is 0 Å². The van der Waals surface area contributed by atoms with E-state index in [9.17, 15) is 8.42 Å². The highest BCUT2D eigenvalue weighted by atomic mass is 79.9. The summed E-state index contributed by atoms with van der Waals surface area (Å²) in [6.45, 7) is 0.513. The van der Waals surface area contributed by atoms with Gasteiger partial charge in [0.15, 0.2) is 0 Å². The van der Waals surface area contributed by atoms with E-state index in [1.54, 1.807) is 30.7 Å². The summed E-state index contributed by atoms with van der Waals surface area (Å²) in [4.78, 5) is 4.24. The number of halogens is 2. The first-order valence-corrected chi connectivity index (χ1v) is 9.17.